The molecule has 1 saturated carbocycles. The molecule has 1 aliphatic heterocycles. The van der Waals surface area contributed by atoms with Gasteiger partial charge in [0.05, 0.1) is 18.9 Å². The van der Waals surface area contributed by atoms with E-state index >= 15 is 0 Å². The van der Waals surface area contributed by atoms with E-state index in [1.807, 2.05) is 18.2 Å². The van der Waals surface area contributed by atoms with Crippen molar-refractivity contribution in [1.82, 2.24) is 5.32 Å². The number of benzene rings is 1. The summed E-state index contributed by atoms with van der Waals surface area (Å²) >= 11 is 0. The first-order valence-electron chi connectivity index (χ1n) is 7.20. The van der Waals surface area contributed by atoms with Gasteiger partial charge in [-0.15, -0.1) is 0 Å². The zero-order chi connectivity index (χ0) is 13.1. The van der Waals surface area contributed by atoms with Gasteiger partial charge in [0.1, 0.15) is 5.75 Å². The van der Waals surface area contributed by atoms with E-state index in [1.165, 1.54) is 12.8 Å². The maximum absolute atomic E-state index is 9.53. The van der Waals surface area contributed by atoms with Gasteiger partial charge >= 0.3 is 0 Å². The standard InChI is InChI=1S/C15H22N2O2/c18-11-13(16-12-6-7-12)10-17-8-3-9-19-15-5-2-1-4-14(15)17/h1-2,4-5,12-13,16,18H,3,6-11H2. The van der Waals surface area contributed by atoms with Crippen molar-refractivity contribution in [3.8, 4) is 5.75 Å². The van der Waals surface area contributed by atoms with Crippen LogP contribution in [0.4, 0.5) is 5.69 Å². The highest BCUT2D eigenvalue weighted by atomic mass is 16.5. The van der Waals surface area contributed by atoms with Crippen LogP contribution < -0.4 is 15.0 Å². The minimum atomic E-state index is 0.152. The Morgan fingerprint density at radius 2 is 2.21 bits per heavy atom. The number of ether oxygens (including phenoxy) is 1. The molecule has 0 bridgehead atoms. The van der Waals surface area contributed by atoms with Crippen LogP contribution in [-0.4, -0.2) is 43.5 Å². The SMILES string of the molecule is OCC(CN1CCCOc2ccccc21)NC1CC1. The lowest BCUT2D eigenvalue weighted by molar-refractivity contribution is 0.242. The van der Waals surface area contributed by atoms with E-state index < -0.39 is 0 Å². The smallest absolute Gasteiger partial charge is 0.142 e. The third-order valence-electron chi connectivity index (χ3n) is 3.75. The molecular weight excluding hydrogens is 240 g/mol. The highest BCUT2D eigenvalue weighted by molar-refractivity contribution is 5.59. The van der Waals surface area contributed by atoms with Crippen LogP contribution in [0.1, 0.15) is 19.3 Å². The molecule has 1 aromatic rings. The average Bonchev–Trinajstić information content (AvgIpc) is 3.26. The van der Waals surface area contributed by atoms with Crippen LogP contribution in [0.25, 0.3) is 0 Å². The first kappa shape index (κ1) is 12.8. The Morgan fingerprint density at radius 3 is 3.00 bits per heavy atom. The fraction of sp³-hybridized carbons (Fsp3) is 0.600. The fourth-order valence-corrected chi connectivity index (χ4v) is 2.60. The van der Waals surface area contributed by atoms with E-state index in [0.29, 0.717) is 6.04 Å². The van der Waals surface area contributed by atoms with E-state index in [0.717, 1.165) is 37.6 Å². The molecule has 0 spiro atoms. The lowest BCUT2D eigenvalue weighted by Gasteiger charge is -2.28. The predicted octanol–water partition coefficient (Wildman–Crippen LogP) is 1.39. The number of nitrogens with one attached hydrogen (secondary N) is 1. The van der Waals surface area contributed by atoms with Crippen LogP contribution in [0.2, 0.25) is 0 Å². The second-order valence-electron chi connectivity index (χ2n) is 5.44. The molecule has 1 unspecified atom stereocenters. The van der Waals surface area contributed by atoms with Gasteiger partial charge in [0.15, 0.2) is 0 Å². The van der Waals surface area contributed by atoms with E-state index in [-0.39, 0.29) is 12.6 Å². The largest absolute Gasteiger partial charge is 0.491 e. The summed E-state index contributed by atoms with van der Waals surface area (Å²) in [5.41, 5.74) is 1.15. The zero-order valence-corrected chi connectivity index (χ0v) is 11.2. The van der Waals surface area contributed by atoms with Crippen molar-refractivity contribution in [3.63, 3.8) is 0 Å². The maximum Gasteiger partial charge on any atom is 0.142 e. The molecule has 0 aromatic heterocycles. The van der Waals surface area contributed by atoms with Crippen molar-refractivity contribution in [2.45, 2.75) is 31.3 Å². The summed E-state index contributed by atoms with van der Waals surface area (Å²) < 4.78 is 5.76. The molecule has 0 amide bonds. The number of hydrogen-bond donors (Lipinski definition) is 2. The van der Waals surface area contributed by atoms with E-state index in [9.17, 15) is 5.11 Å². The Labute approximate surface area is 114 Å². The van der Waals surface area contributed by atoms with E-state index in [4.69, 9.17) is 4.74 Å². The number of aliphatic hydroxyl groups is 1. The molecule has 3 rings (SSSR count). The molecule has 1 aliphatic carbocycles. The van der Waals surface area contributed by atoms with Crippen molar-refractivity contribution in [3.05, 3.63) is 24.3 Å². The van der Waals surface area contributed by atoms with Gasteiger partial charge in [0.2, 0.25) is 0 Å². The summed E-state index contributed by atoms with van der Waals surface area (Å²) in [4.78, 5) is 2.33. The van der Waals surface area contributed by atoms with Crippen molar-refractivity contribution in [2.24, 2.45) is 0 Å². The van der Waals surface area contributed by atoms with E-state index in [1.54, 1.807) is 0 Å². The monoisotopic (exact) mass is 262 g/mol. The van der Waals surface area contributed by atoms with Crippen LogP contribution >= 0.6 is 0 Å². The number of para-hydroxylation sites is 2. The molecule has 0 radical (unpaired) electrons. The average molecular weight is 262 g/mol. The molecule has 2 N–H and O–H groups in total. The first-order valence-corrected chi connectivity index (χ1v) is 7.20. The Morgan fingerprint density at radius 1 is 1.37 bits per heavy atom. The van der Waals surface area contributed by atoms with Crippen LogP contribution in [-0.2, 0) is 0 Å². The predicted molar refractivity (Wildman–Crippen MR) is 75.8 cm³/mol. The number of rotatable bonds is 5. The van der Waals surface area contributed by atoms with Crippen LogP contribution in [0, 0.1) is 0 Å². The molecule has 1 aromatic carbocycles. The quantitative estimate of drug-likeness (QED) is 0.841. The van der Waals surface area contributed by atoms with E-state index in [2.05, 4.69) is 16.3 Å². The molecule has 19 heavy (non-hydrogen) atoms. The number of hydrogen-bond acceptors (Lipinski definition) is 4. The third-order valence-corrected chi connectivity index (χ3v) is 3.75. The second-order valence-corrected chi connectivity index (χ2v) is 5.44. The lowest BCUT2D eigenvalue weighted by Crippen LogP contribution is -2.44. The lowest BCUT2D eigenvalue weighted by atomic mass is 10.2. The Bertz CT molecular complexity index is 420. The Hall–Kier alpha value is -1.26. The summed E-state index contributed by atoms with van der Waals surface area (Å²) in [5, 5.41) is 13.0. The van der Waals surface area contributed by atoms with Crippen molar-refractivity contribution in [2.75, 3.05) is 31.2 Å². The molecule has 1 atom stereocenters. The third kappa shape index (κ3) is 3.19. The zero-order valence-electron chi connectivity index (χ0n) is 11.2. The minimum Gasteiger partial charge on any atom is -0.491 e. The normalized spacial score (nSPS) is 20.4. The van der Waals surface area contributed by atoms with Gasteiger partial charge in [-0.05, 0) is 31.4 Å². The highest BCUT2D eigenvalue weighted by Gasteiger charge is 2.26. The van der Waals surface area contributed by atoms with Crippen molar-refractivity contribution in [1.29, 1.82) is 0 Å². The van der Waals surface area contributed by atoms with Crippen molar-refractivity contribution >= 4 is 5.69 Å². The topological polar surface area (TPSA) is 44.7 Å². The molecule has 4 nitrogen and oxygen atoms in total. The van der Waals surface area contributed by atoms with Crippen LogP contribution in [0.5, 0.6) is 5.75 Å². The van der Waals surface area contributed by atoms with Gasteiger partial charge in [-0.3, -0.25) is 0 Å². The second kappa shape index (κ2) is 5.80. The number of fused-ring (bicyclic) bond motifs is 1. The summed E-state index contributed by atoms with van der Waals surface area (Å²) in [5.74, 6) is 0.961. The van der Waals surface area contributed by atoms with Gasteiger partial charge in [-0.2, -0.15) is 0 Å². The van der Waals surface area contributed by atoms with Gasteiger partial charge in [-0.25, -0.2) is 0 Å². The summed E-state index contributed by atoms with van der Waals surface area (Å²) in [6.45, 7) is 2.79. The number of aliphatic hydroxyl groups excluding tert-OH is 1. The molecule has 1 heterocycles. The first-order chi connectivity index (χ1) is 9.36. The maximum atomic E-state index is 9.53. The molecule has 1 fully saturated rings. The van der Waals surface area contributed by atoms with Gasteiger partial charge in [0, 0.05) is 25.2 Å². The Balaban J connectivity index is 1.71. The molecule has 4 heteroatoms. The molecule has 0 saturated heterocycles. The molecule has 2 aliphatic rings. The van der Waals surface area contributed by atoms with Gasteiger partial charge in [0.25, 0.3) is 0 Å². The fourth-order valence-electron chi connectivity index (χ4n) is 2.60. The van der Waals surface area contributed by atoms with Gasteiger partial charge < -0.3 is 20.1 Å². The minimum absolute atomic E-state index is 0.152. The molecule has 104 valence electrons. The van der Waals surface area contributed by atoms with Crippen LogP contribution in [0.3, 0.4) is 0 Å². The number of nitrogens with zero attached hydrogens (tertiary/aromatic N) is 1. The summed E-state index contributed by atoms with van der Waals surface area (Å²) in [6, 6.07) is 8.95. The molecular formula is C15H22N2O2. The Kier molecular flexibility index (Phi) is 3.89. The summed E-state index contributed by atoms with van der Waals surface area (Å²) in [6.07, 6.45) is 3.52. The summed E-state index contributed by atoms with van der Waals surface area (Å²) in [7, 11) is 0. The highest BCUT2D eigenvalue weighted by Crippen LogP contribution is 2.30. The number of anilines is 1. The van der Waals surface area contributed by atoms with Crippen LogP contribution in [0.15, 0.2) is 24.3 Å². The van der Waals surface area contributed by atoms with Gasteiger partial charge in [-0.1, -0.05) is 12.1 Å². The van der Waals surface area contributed by atoms with Crippen molar-refractivity contribution < 1.29 is 9.84 Å².